The van der Waals surface area contributed by atoms with Crippen LogP contribution in [0.2, 0.25) is 0 Å². The summed E-state index contributed by atoms with van der Waals surface area (Å²) in [5, 5.41) is 19.7. The van der Waals surface area contributed by atoms with Gasteiger partial charge >= 0.3 is 11.7 Å². The van der Waals surface area contributed by atoms with Crippen LogP contribution in [-0.4, -0.2) is 16.0 Å². The maximum atomic E-state index is 10.9. The van der Waals surface area contributed by atoms with Crippen LogP contribution in [0.3, 0.4) is 0 Å². The van der Waals surface area contributed by atoms with Crippen molar-refractivity contribution in [2.75, 3.05) is 0 Å². The average Bonchev–Trinajstić information content (AvgIpc) is 2.86. The number of nitro benzene ring substituents is 1. The number of nitrogens with zero attached hydrogens (tertiary/aromatic N) is 1. The number of thiophene rings is 1. The second-order valence-corrected chi connectivity index (χ2v) is 5.26. The second-order valence-electron chi connectivity index (χ2n) is 4.09. The van der Waals surface area contributed by atoms with Crippen LogP contribution >= 0.6 is 11.3 Å². The molecule has 0 saturated carbocycles. The van der Waals surface area contributed by atoms with Gasteiger partial charge < -0.3 is 9.84 Å². The molecule has 0 atom stereocenters. The van der Waals surface area contributed by atoms with Crippen LogP contribution in [0.1, 0.15) is 20.1 Å². The Morgan fingerprint density at radius 3 is 2.75 bits per heavy atom. The molecule has 1 aromatic carbocycles. The van der Waals surface area contributed by atoms with E-state index in [0.29, 0.717) is 4.88 Å². The van der Waals surface area contributed by atoms with Crippen LogP contribution in [0.25, 0.3) is 0 Å². The number of hydrogen-bond donors (Lipinski definition) is 1. The van der Waals surface area contributed by atoms with Gasteiger partial charge in [0.15, 0.2) is 5.75 Å². The number of aryl methyl sites for hydroxylation is 1. The van der Waals surface area contributed by atoms with E-state index in [-0.39, 0.29) is 22.9 Å². The molecule has 0 fully saturated rings. The van der Waals surface area contributed by atoms with Gasteiger partial charge in [-0.2, -0.15) is 0 Å². The molecule has 0 radical (unpaired) electrons. The van der Waals surface area contributed by atoms with E-state index in [9.17, 15) is 14.9 Å². The largest absolute Gasteiger partial charge is 0.481 e. The van der Waals surface area contributed by atoms with Gasteiger partial charge in [0.2, 0.25) is 0 Å². The molecule has 1 heterocycles. The van der Waals surface area contributed by atoms with Gasteiger partial charge in [0, 0.05) is 10.9 Å². The van der Waals surface area contributed by atoms with Crippen molar-refractivity contribution in [3.8, 4) is 5.75 Å². The summed E-state index contributed by atoms with van der Waals surface area (Å²) in [6.07, 6.45) is 0. The minimum atomic E-state index is -0.998. The van der Waals surface area contributed by atoms with E-state index < -0.39 is 10.9 Å². The van der Waals surface area contributed by atoms with Crippen molar-refractivity contribution in [2.24, 2.45) is 0 Å². The highest BCUT2D eigenvalue weighted by atomic mass is 32.1. The fourth-order valence-corrected chi connectivity index (χ4v) is 2.37. The van der Waals surface area contributed by atoms with Gasteiger partial charge in [-0.05, 0) is 30.7 Å². The molecule has 0 aliphatic rings. The maximum absolute atomic E-state index is 10.9. The molecular weight excluding hydrogens is 282 g/mol. The minimum absolute atomic E-state index is 0.0972. The van der Waals surface area contributed by atoms with Gasteiger partial charge in [-0.3, -0.25) is 10.1 Å². The van der Waals surface area contributed by atoms with Crippen LogP contribution in [0, 0.1) is 17.0 Å². The number of rotatable bonds is 5. The van der Waals surface area contributed by atoms with Gasteiger partial charge in [0.1, 0.15) is 11.5 Å². The van der Waals surface area contributed by atoms with Gasteiger partial charge in [-0.1, -0.05) is 6.07 Å². The summed E-state index contributed by atoms with van der Waals surface area (Å²) in [5.41, 5.74) is 0.674. The Balaban J connectivity index is 2.14. The second kappa shape index (κ2) is 5.70. The minimum Gasteiger partial charge on any atom is -0.481 e. The number of hydrogen-bond acceptors (Lipinski definition) is 5. The molecular formula is C13H11NO5S. The standard InChI is InChI=1S/C13H11NO5S/c1-8-2-4-11(10(6-8)14(17)18)19-7-9-3-5-12(20-9)13(15)16/h2-6H,7H2,1H3,(H,15,16). The molecule has 2 aromatic rings. The fourth-order valence-electron chi connectivity index (χ4n) is 1.61. The van der Waals surface area contributed by atoms with Crippen LogP contribution in [-0.2, 0) is 6.61 Å². The van der Waals surface area contributed by atoms with Crippen LogP contribution in [0.15, 0.2) is 30.3 Å². The summed E-state index contributed by atoms with van der Waals surface area (Å²) in [6, 6.07) is 7.81. The number of benzene rings is 1. The predicted molar refractivity (Wildman–Crippen MR) is 73.4 cm³/mol. The van der Waals surface area contributed by atoms with Crippen molar-refractivity contribution in [3.63, 3.8) is 0 Å². The molecule has 0 aliphatic carbocycles. The van der Waals surface area contributed by atoms with E-state index in [1.807, 2.05) is 0 Å². The molecule has 0 saturated heterocycles. The number of carboxylic acid groups (broad SMARTS) is 1. The highest BCUT2D eigenvalue weighted by molar-refractivity contribution is 7.13. The molecule has 104 valence electrons. The summed E-state index contributed by atoms with van der Waals surface area (Å²) in [5.74, 6) is -0.826. The summed E-state index contributed by atoms with van der Waals surface area (Å²) in [4.78, 5) is 22.1. The predicted octanol–water partition coefficient (Wildman–Crippen LogP) is 3.24. The molecule has 1 N–H and O–H groups in total. The molecule has 20 heavy (non-hydrogen) atoms. The van der Waals surface area contributed by atoms with Gasteiger partial charge in [-0.15, -0.1) is 11.3 Å². The summed E-state index contributed by atoms with van der Waals surface area (Å²) in [6.45, 7) is 1.86. The average molecular weight is 293 g/mol. The highest BCUT2D eigenvalue weighted by Gasteiger charge is 2.15. The molecule has 6 nitrogen and oxygen atoms in total. The van der Waals surface area contributed by atoms with E-state index >= 15 is 0 Å². The highest BCUT2D eigenvalue weighted by Crippen LogP contribution is 2.29. The van der Waals surface area contributed by atoms with E-state index in [0.717, 1.165) is 16.9 Å². The van der Waals surface area contributed by atoms with Crippen molar-refractivity contribution in [2.45, 2.75) is 13.5 Å². The third-order valence-corrected chi connectivity index (χ3v) is 3.60. The Hall–Kier alpha value is -2.41. The molecule has 2 rings (SSSR count). The fraction of sp³-hybridized carbons (Fsp3) is 0.154. The lowest BCUT2D eigenvalue weighted by Crippen LogP contribution is -1.98. The number of ether oxygens (including phenoxy) is 1. The Morgan fingerprint density at radius 1 is 1.40 bits per heavy atom. The zero-order valence-electron chi connectivity index (χ0n) is 10.5. The zero-order chi connectivity index (χ0) is 14.7. The van der Waals surface area contributed by atoms with Gasteiger partial charge in [0.05, 0.1) is 4.92 Å². The number of aromatic carboxylic acids is 1. The molecule has 0 amide bonds. The van der Waals surface area contributed by atoms with Crippen molar-refractivity contribution < 1.29 is 19.6 Å². The SMILES string of the molecule is Cc1ccc(OCc2ccc(C(=O)O)s2)c([N+](=O)[O-])c1. The number of nitro groups is 1. The molecule has 0 aliphatic heterocycles. The summed E-state index contributed by atoms with van der Waals surface area (Å²) < 4.78 is 5.41. The molecule has 0 unspecified atom stereocenters. The first-order valence-corrected chi connectivity index (χ1v) is 6.49. The van der Waals surface area contributed by atoms with Crippen molar-refractivity contribution in [1.29, 1.82) is 0 Å². The Bertz CT molecular complexity index is 665. The van der Waals surface area contributed by atoms with E-state index in [1.165, 1.54) is 12.1 Å². The lowest BCUT2D eigenvalue weighted by molar-refractivity contribution is -0.386. The third-order valence-electron chi connectivity index (χ3n) is 2.55. The first kappa shape index (κ1) is 14.0. The lowest BCUT2D eigenvalue weighted by Gasteiger charge is -2.05. The topological polar surface area (TPSA) is 89.7 Å². The van der Waals surface area contributed by atoms with Gasteiger partial charge in [0.25, 0.3) is 0 Å². The Morgan fingerprint density at radius 2 is 2.15 bits per heavy atom. The first-order valence-electron chi connectivity index (χ1n) is 5.67. The number of carbonyl (C=O) groups is 1. The lowest BCUT2D eigenvalue weighted by atomic mass is 10.2. The van der Waals surface area contributed by atoms with E-state index in [2.05, 4.69) is 0 Å². The van der Waals surface area contributed by atoms with Crippen LogP contribution < -0.4 is 4.74 Å². The first-order chi connectivity index (χ1) is 9.47. The van der Waals surface area contributed by atoms with Crippen molar-refractivity contribution >= 4 is 23.0 Å². The monoisotopic (exact) mass is 293 g/mol. The van der Waals surface area contributed by atoms with Crippen molar-refractivity contribution in [1.82, 2.24) is 0 Å². The molecule has 1 aromatic heterocycles. The molecule has 0 bridgehead atoms. The van der Waals surface area contributed by atoms with Crippen LogP contribution in [0.4, 0.5) is 5.69 Å². The van der Waals surface area contributed by atoms with Gasteiger partial charge in [-0.25, -0.2) is 4.79 Å². The molecule has 0 spiro atoms. The quantitative estimate of drug-likeness (QED) is 0.675. The normalized spacial score (nSPS) is 10.2. The zero-order valence-corrected chi connectivity index (χ0v) is 11.3. The Kier molecular flexibility index (Phi) is 3.99. The summed E-state index contributed by atoms with van der Waals surface area (Å²) >= 11 is 1.08. The molecule has 7 heteroatoms. The smallest absolute Gasteiger partial charge is 0.345 e. The third kappa shape index (κ3) is 3.12. The maximum Gasteiger partial charge on any atom is 0.345 e. The van der Waals surface area contributed by atoms with Crippen LogP contribution in [0.5, 0.6) is 5.75 Å². The van der Waals surface area contributed by atoms with E-state index in [1.54, 1.807) is 25.1 Å². The van der Waals surface area contributed by atoms with Crippen molar-refractivity contribution in [3.05, 3.63) is 55.8 Å². The van der Waals surface area contributed by atoms with E-state index in [4.69, 9.17) is 9.84 Å². The summed E-state index contributed by atoms with van der Waals surface area (Å²) in [7, 11) is 0. The number of carboxylic acids is 1. The Labute approximate surface area is 118 Å².